The molecule has 1 saturated carbocycles. The molecule has 1 heterocycles. The molecule has 1 aromatic heterocycles. The van der Waals surface area contributed by atoms with Crippen LogP contribution in [0.4, 0.5) is 5.82 Å². The number of carbonyl (C=O) groups is 2. The van der Waals surface area contributed by atoms with Gasteiger partial charge in [0.15, 0.2) is 5.82 Å². The van der Waals surface area contributed by atoms with Crippen LogP contribution in [0.2, 0.25) is 0 Å². The van der Waals surface area contributed by atoms with Crippen LogP contribution in [0.25, 0.3) is 0 Å². The molecular weight excluding hydrogens is 306 g/mol. The molecule has 2 atom stereocenters. The van der Waals surface area contributed by atoms with Gasteiger partial charge in [-0.1, -0.05) is 12.8 Å². The normalized spacial score (nSPS) is 20.9. The van der Waals surface area contributed by atoms with Gasteiger partial charge in [-0.15, -0.1) is 0 Å². The molecule has 0 unspecified atom stereocenters. The molecule has 1 N–H and O–H groups in total. The molecule has 0 bridgehead atoms. The van der Waals surface area contributed by atoms with Gasteiger partial charge >= 0.3 is 17.8 Å². The number of esters is 1. The van der Waals surface area contributed by atoms with Crippen molar-refractivity contribution in [2.75, 3.05) is 6.61 Å². The summed E-state index contributed by atoms with van der Waals surface area (Å²) in [4.78, 5) is 37.5. The Balaban J connectivity index is 1.93. The zero-order chi connectivity index (χ0) is 17.0. The summed E-state index contributed by atoms with van der Waals surface area (Å²) in [6.07, 6.45) is 3.72. The largest absolute Gasteiger partial charge is 0.481 e. The Kier molecular flexibility index (Phi) is 5.30. The Hall–Kier alpha value is -2.45. The van der Waals surface area contributed by atoms with E-state index in [2.05, 4.69) is 4.98 Å². The maximum Gasteiger partial charge on any atom is 0.342 e. The number of rotatable bonds is 6. The van der Waals surface area contributed by atoms with Crippen molar-refractivity contribution in [1.29, 1.82) is 0 Å². The summed E-state index contributed by atoms with van der Waals surface area (Å²) in [6, 6.07) is 0. The van der Waals surface area contributed by atoms with Gasteiger partial charge in [0.2, 0.25) is 0 Å². The number of aliphatic carboxylic acids is 1. The van der Waals surface area contributed by atoms with Gasteiger partial charge in [0, 0.05) is 6.92 Å². The molecule has 1 fully saturated rings. The molecule has 1 aliphatic carbocycles. The van der Waals surface area contributed by atoms with E-state index in [9.17, 15) is 24.8 Å². The third-order valence-corrected chi connectivity index (χ3v) is 4.17. The van der Waals surface area contributed by atoms with E-state index in [1.54, 1.807) is 6.92 Å². The maximum absolute atomic E-state index is 12.1. The first-order valence-corrected chi connectivity index (χ1v) is 7.47. The molecule has 1 aliphatic rings. The van der Waals surface area contributed by atoms with Crippen LogP contribution in [-0.4, -0.2) is 38.1 Å². The van der Waals surface area contributed by atoms with E-state index in [1.807, 2.05) is 0 Å². The highest BCUT2D eigenvalue weighted by Crippen LogP contribution is 2.31. The SMILES string of the molecule is Cc1ncc([N+](=O)[O-])n1CCOC(=O)[C@H]1CCCC[C@@H]1C(=O)O. The summed E-state index contributed by atoms with van der Waals surface area (Å²) in [6.45, 7) is 1.68. The van der Waals surface area contributed by atoms with Crippen molar-refractivity contribution in [1.82, 2.24) is 9.55 Å². The number of hydrogen-bond acceptors (Lipinski definition) is 6. The number of aromatic nitrogens is 2. The third-order valence-electron chi connectivity index (χ3n) is 4.17. The van der Waals surface area contributed by atoms with Crippen LogP contribution in [0.15, 0.2) is 6.20 Å². The first-order valence-electron chi connectivity index (χ1n) is 7.47. The summed E-state index contributed by atoms with van der Waals surface area (Å²) in [7, 11) is 0. The topological polar surface area (TPSA) is 125 Å². The minimum Gasteiger partial charge on any atom is -0.481 e. The summed E-state index contributed by atoms with van der Waals surface area (Å²) in [5.74, 6) is -2.58. The molecule has 126 valence electrons. The van der Waals surface area contributed by atoms with E-state index in [4.69, 9.17) is 4.74 Å². The number of carboxylic acids is 1. The van der Waals surface area contributed by atoms with E-state index in [0.717, 1.165) is 19.0 Å². The van der Waals surface area contributed by atoms with Crippen LogP contribution < -0.4 is 0 Å². The molecule has 0 amide bonds. The van der Waals surface area contributed by atoms with Gasteiger partial charge in [0.1, 0.15) is 19.3 Å². The Labute approximate surface area is 132 Å². The number of imidazole rings is 1. The van der Waals surface area contributed by atoms with Crippen molar-refractivity contribution in [3.63, 3.8) is 0 Å². The highest BCUT2D eigenvalue weighted by atomic mass is 16.6. The van der Waals surface area contributed by atoms with Gasteiger partial charge in [-0.25, -0.2) is 9.55 Å². The summed E-state index contributed by atoms with van der Waals surface area (Å²) < 4.78 is 6.50. The molecule has 9 heteroatoms. The molecule has 0 aliphatic heterocycles. The molecule has 2 rings (SSSR count). The maximum atomic E-state index is 12.1. The average molecular weight is 325 g/mol. The van der Waals surface area contributed by atoms with Gasteiger partial charge < -0.3 is 20.0 Å². The smallest absolute Gasteiger partial charge is 0.342 e. The first kappa shape index (κ1) is 16.9. The lowest BCUT2D eigenvalue weighted by atomic mass is 9.79. The second-order valence-electron chi connectivity index (χ2n) is 5.58. The summed E-state index contributed by atoms with van der Waals surface area (Å²) in [5.41, 5.74) is 0. The van der Waals surface area contributed by atoms with Crippen LogP contribution in [0.5, 0.6) is 0 Å². The lowest BCUT2D eigenvalue weighted by Crippen LogP contribution is -2.34. The first-order chi connectivity index (χ1) is 10.9. The van der Waals surface area contributed by atoms with Crippen molar-refractivity contribution in [3.05, 3.63) is 22.1 Å². The predicted molar refractivity (Wildman–Crippen MR) is 77.7 cm³/mol. The third kappa shape index (κ3) is 3.85. The van der Waals surface area contributed by atoms with Gasteiger partial charge in [-0.05, 0) is 17.8 Å². The fourth-order valence-electron chi connectivity index (χ4n) is 2.93. The van der Waals surface area contributed by atoms with Crippen LogP contribution in [0.3, 0.4) is 0 Å². The fourth-order valence-corrected chi connectivity index (χ4v) is 2.93. The van der Waals surface area contributed by atoms with Crippen molar-refractivity contribution in [3.8, 4) is 0 Å². The Morgan fingerprint density at radius 3 is 2.70 bits per heavy atom. The number of carbonyl (C=O) groups excluding carboxylic acids is 1. The van der Waals surface area contributed by atoms with Gasteiger partial charge in [0.25, 0.3) is 0 Å². The molecular formula is C14H19N3O6. The summed E-state index contributed by atoms with van der Waals surface area (Å²) in [5, 5.41) is 20.0. The second-order valence-corrected chi connectivity index (χ2v) is 5.58. The number of ether oxygens (including phenoxy) is 1. The number of nitro groups is 1. The zero-order valence-electron chi connectivity index (χ0n) is 12.8. The highest BCUT2D eigenvalue weighted by molar-refractivity contribution is 5.81. The van der Waals surface area contributed by atoms with E-state index >= 15 is 0 Å². The van der Waals surface area contributed by atoms with E-state index in [1.165, 1.54) is 4.57 Å². The Morgan fingerprint density at radius 2 is 2.09 bits per heavy atom. The van der Waals surface area contributed by atoms with E-state index in [0.29, 0.717) is 18.7 Å². The Bertz CT molecular complexity index is 612. The van der Waals surface area contributed by atoms with Gasteiger partial charge in [-0.2, -0.15) is 0 Å². The van der Waals surface area contributed by atoms with E-state index in [-0.39, 0.29) is 19.0 Å². The minimum atomic E-state index is -0.979. The van der Waals surface area contributed by atoms with Crippen LogP contribution in [0, 0.1) is 28.9 Å². The van der Waals surface area contributed by atoms with Crippen LogP contribution in [-0.2, 0) is 20.9 Å². The quantitative estimate of drug-likeness (QED) is 0.477. The van der Waals surface area contributed by atoms with E-state index < -0.39 is 28.7 Å². The van der Waals surface area contributed by atoms with Crippen molar-refractivity contribution >= 4 is 17.8 Å². The summed E-state index contributed by atoms with van der Waals surface area (Å²) >= 11 is 0. The lowest BCUT2D eigenvalue weighted by molar-refractivity contribution is -0.392. The molecule has 0 aromatic carbocycles. The average Bonchev–Trinajstić information content (AvgIpc) is 2.88. The van der Waals surface area contributed by atoms with Crippen molar-refractivity contribution in [2.45, 2.75) is 39.2 Å². The predicted octanol–water partition coefficient (Wildman–Crippen LogP) is 1.53. The lowest BCUT2D eigenvalue weighted by Gasteiger charge is -2.26. The second kappa shape index (κ2) is 7.21. The number of aryl methyl sites for hydroxylation is 1. The number of hydrogen-bond donors (Lipinski definition) is 1. The minimum absolute atomic E-state index is 0.0558. The molecule has 1 aromatic rings. The standard InChI is InChI=1S/C14H19N3O6/c1-9-15-8-12(17(21)22)16(9)6-7-23-14(20)11-5-3-2-4-10(11)13(18)19/h8,10-11H,2-7H2,1H3,(H,18,19)/t10-,11-/m0/s1. The van der Waals surface area contributed by atoms with Crippen molar-refractivity contribution < 1.29 is 24.4 Å². The van der Waals surface area contributed by atoms with Gasteiger partial charge in [0.05, 0.1) is 11.8 Å². The zero-order valence-corrected chi connectivity index (χ0v) is 12.8. The monoisotopic (exact) mass is 325 g/mol. The molecule has 23 heavy (non-hydrogen) atoms. The Morgan fingerprint density at radius 1 is 1.43 bits per heavy atom. The molecule has 9 nitrogen and oxygen atoms in total. The number of carboxylic acid groups (broad SMARTS) is 1. The molecule has 0 radical (unpaired) electrons. The fraction of sp³-hybridized carbons (Fsp3) is 0.643. The van der Waals surface area contributed by atoms with Crippen molar-refractivity contribution in [2.24, 2.45) is 11.8 Å². The number of nitrogens with zero attached hydrogens (tertiary/aromatic N) is 3. The van der Waals surface area contributed by atoms with Crippen LogP contribution in [0.1, 0.15) is 31.5 Å². The molecule has 0 spiro atoms. The highest BCUT2D eigenvalue weighted by Gasteiger charge is 2.36. The van der Waals surface area contributed by atoms with Crippen LogP contribution >= 0.6 is 0 Å². The van der Waals surface area contributed by atoms with Gasteiger partial charge in [-0.3, -0.25) is 9.59 Å². The molecule has 0 saturated heterocycles.